The molecule has 142 valence electrons. The Morgan fingerprint density at radius 2 is 1.69 bits per heavy atom. The molecule has 26 heavy (non-hydrogen) atoms. The Morgan fingerprint density at radius 3 is 2.31 bits per heavy atom. The standard InChI is InChI=1S/C15H17NO10/c17-8(18)5-16-13(22)6-3-1-2-4-7(6)25-15-11(21)9(19)10(20)12(26-15)14(23)24/h1-4,9-12,15,19-21H,5H2,(H,16,22)(H,17,18)(H,23,24)/t9-,10-,11+,12-,15+/m0/s1. The van der Waals surface area contributed by atoms with Crippen molar-refractivity contribution in [2.45, 2.75) is 30.7 Å². The second-order valence-electron chi connectivity index (χ2n) is 5.43. The first-order valence-corrected chi connectivity index (χ1v) is 7.40. The molecule has 0 saturated carbocycles. The smallest absolute Gasteiger partial charge is 0.335 e. The van der Waals surface area contributed by atoms with Crippen molar-refractivity contribution in [2.24, 2.45) is 0 Å². The van der Waals surface area contributed by atoms with Crippen molar-refractivity contribution >= 4 is 17.8 Å². The number of hydrogen-bond donors (Lipinski definition) is 6. The van der Waals surface area contributed by atoms with Gasteiger partial charge in [-0.3, -0.25) is 9.59 Å². The van der Waals surface area contributed by atoms with Crippen LogP contribution in [0.4, 0.5) is 0 Å². The number of para-hydroxylation sites is 1. The summed E-state index contributed by atoms with van der Waals surface area (Å²) in [6, 6.07) is 5.55. The van der Waals surface area contributed by atoms with Crippen LogP contribution in [0.25, 0.3) is 0 Å². The van der Waals surface area contributed by atoms with Gasteiger partial charge in [-0.1, -0.05) is 12.1 Å². The van der Waals surface area contributed by atoms with E-state index in [0.717, 1.165) is 0 Å². The number of carboxylic acid groups (broad SMARTS) is 2. The molecule has 2 rings (SSSR count). The van der Waals surface area contributed by atoms with E-state index in [0.29, 0.717) is 0 Å². The van der Waals surface area contributed by atoms with Gasteiger partial charge in [0, 0.05) is 0 Å². The number of rotatable bonds is 6. The van der Waals surface area contributed by atoms with Crippen LogP contribution in [0.3, 0.4) is 0 Å². The number of aliphatic carboxylic acids is 2. The summed E-state index contributed by atoms with van der Waals surface area (Å²) in [5, 5.41) is 49.1. The molecule has 0 aliphatic carbocycles. The fourth-order valence-corrected chi connectivity index (χ4v) is 2.28. The predicted molar refractivity (Wildman–Crippen MR) is 81.4 cm³/mol. The minimum absolute atomic E-state index is 0.1000. The fourth-order valence-electron chi connectivity index (χ4n) is 2.28. The molecule has 1 saturated heterocycles. The Labute approximate surface area is 146 Å². The van der Waals surface area contributed by atoms with E-state index in [1.54, 1.807) is 0 Å². The third kappa shape index (κ3) is 4.26. The largest absolute Gasteiger partial charge is 0.480 e. The molecule has 1 aromatic carbocycles. The van der Waals surface area contributed by atoms with Gasteiger partial charge < -0.3 is 40.3 Å². The summed E-state index contributed by atoms with van der Waals surface area (Å²) in [7, 11) is 0. The molecule has 1 aliphatic heterocycles. The Morgan fingerprint density at radius 1 is 1.04 bits per heavy atom. The molecule has 6 N–H and O–H groups in total. The van der Waals surface area contributed by atoms with Crippen molar-refractivity contribution < 1.29 is 49.4 Å². The van der Waals surface area contributed by atoms with Crippen LogP contribution in [-0.2, 0) is 14.3 Å². The van der Waals surface area contributed by atoms with E-state index in [9.17, 15) is 29.7 Å². The maximum atomic E-state index is 12.0. The molecule has 11 nitrogen and oxygen atoms in total. The van der Waals surface area contributed by atoms with Crippen LogP contribution in [0.2, 0.25) is 0 Å². The van der Waals surface area contributed by atoms with E-state index < -0.39 is 55.1 Å². The number of aliphatic hydroxyl groups is 3. The van der Waals surface area contributed by atoms with Crippen molar-refractivity contribution in [3.8, 4) is 5.75 Å². The van der Waals surface area contributed by atoms with Crippen LogP contribution in [0.15, 0.2) is 24.3 Å². The minimum Gasteiger partial charge on any atom is -0.480 e. The minimum atomic E-state index is -1.88. The summed E-state index contributed by atoms with van der Waals surface area (Å²) in [4.78, 5) is 33.7. The Hall–Kier alpha value is -2.73. The molecule has 0 unspecified atom stereocenters. The quantitative estimate of drug-likeness (QED) is 0.320. The number of ether oxygens (including phenoxy) is 2. The van der Waals surface area contributed by atoms with E-state index in [4.69, 9.17) is 19.7 Å². The SMILES string of the molecule is O=C(O)CNC(=O)c1ccccc1O[C@@H]1O[C@H](C(=O)O)[C@@H](O)[C@H](O)[C@H]1O. The van der Waals surface area contributed by atoms with Crippen LogP contribution < -0.4 is 10.1 Å². The molecular formula is C15H17NO10. The molecule has 0 aromatic heterocycles. The van der Waals surface area contributed by atoms with Crippen LogP contribution >= 0.6 is 0 Å². The lowest BCUT2D eigenvalue weighted by molar-refractivity contribution is -0.271. The van der Waals surface area contributed by atoms with Gasteiger partial charge in [0.15, 0.2) is 6.10 Å². The Balaban J connectivity index is 2.20. The normalized spacial score (nSPS) is 28.2. The molecule has 5 atom stereocenters. The van der Waals surface area contributed by atoms with Crippen LogP contribution in [0.5, 0.6) is 5.75 Å². The van der Waals surface area contributed by atoms with Gasteiger partial charge in [0.2, 0.25) is 6.29 Å². The first kappa shape index (κ1) is 19.6. The highest BCUT2D eigenvalue weighted by Gasteiger charge is 2.48. The molecular weight excluding hydrogens is 354 g/mol. The van der Waals surface area contributed by atoms with Crippen LogP contribution in [0.1, 0.15) is 10.4 Å². The second kappa shape index (κ2) is 8.10. The number of aliphatic hydroxyl groups excluding tert-OH is 3. The first-order chi connectivity index (χ1) is 12.2. The topological polar surface area (TPSA) is 183 Å². The van der Waals surface area contributed by atoms with E-state index in [2.05, 4.69) is 5.32 Å². The van der Waals surface area contributed by atoms with Gasteiger partial charge in [-0.15, -0.1) is 0 Å². The molecule has 0 spiro atoms. The third-order valence-electron chi connectivity index (χ3n) is 3.59. The van der Waals surface area contributed by atoms with E-state index in [-0.39, 0.29) is 11.3 Å². The highest BCUT2D eigenvalue weighted by molar-refractivity contribution is 5.98. The number of carbonyl (C=O) groups excluding carboxylic acids is 1. The zero-order valence-electron chi connectivity index (χ0n) is 13.2. The summed E-state index contributed by atoms with van der Waals surface area (Å²) >= 11 is 0. The zero-order valence-corrected chi connectivity index (χ0v) is 13.2. The summed E-state index contributed by atoms with van der Waals surface area (Å²) in [5.74, 6) is -3.77. The number of amides is 1. The lowest BCUT2D eigenvalue weighted by atomic mass is 9.99. The lowest BCUT2D eigenvalue weighted by Crippen LogP contribution is -2.61. The van der Waals surface area contributed by atoms with Crippen molar-refractivity contribution in [1.82, 2.24) is 5.32 Å². The molecule has 11 heteroatoms. The molecule has 1 aliphatic rings. The molecule has 1 amide bonds. The number of benzene rings is 1. The van der Waals surface area contributed by atoms with Crippen LogP contribution in [0, 0.1) is 0 Å². The first-order valence-electron chi connectivity index (χ1n) is 7.40. The van der Waals surface area contributed by atoms with Gasteiger partial charge in [-0.05, 0) is 12.1 Å². The number of carboxylic acids is 2. The van der Waals surface area contributed by atoms with E-state index in [1.165, 1.54) is 24.3 Å². The highest BCUT2D eigenvalue weighted by Crippen LogP contribution is 2.26. The third-order valence-corrected chi connectivity index (χ3v) is 3.59. The van der Waals surface area contributed by atoms with Gasteiger partial charge in [-0.25, -0.2) is 4.79 Å². The summed E-state index contributed by atoms with van der Waals surface area (Å²) in [6.45, 7) is -0.637. The molecule has 0 bridgehead atoms. The van der Waals surface area contributed by atoms with Gasteiger partial charge in [-0.2, -0.15) is 0 Å². The summed E-state index contributed by atoms with van der Waals surface area (Å²) in [5.41, 5.74) is -0.1000. The number of hydrogen-bond acceptors (Lipinski definition) is 8. The summed E-state index contributed by atoms with van der Waals surface area (Å²) in [6.07, 6.45) is -9.08. The molecule has 1 aromatic rings. The Kier molecular flexibility index (Phi) is 6.10. The average Bonchev–Trinajstić information content (AvgIpc) is 2.60. The maximum Gasteiger partial charge on any atom is 0.335 e. The predicted octanol–water partition coefficient (Wildman–Crippen LogP) is -2.23. The van der Waals surface area contributed by atoms with Crippen molar-refractivity contribution in [3.05, 3.63) is 29.8 Å². The zero-order chi connectivity index (χ0) is 19.4. The van der Waals surface area contributed by atoms with Gasteiger partial charge in [0.25, 0.3) is 5.91 Å². The monoisotopic (exact) mass is 371 g/mol. The Bertz CT molecular complexity index is 693. The summed E-state index contributed by atoms with van der Waals surface area (Å²) < 4.78 is 10.3. The average molecular weight is 371 g/mol. The second-order valence-corrected chi connectivity index (χ2v) is 5.43. The number of nitrogens with one attached hydrogen (secondary N) is 1. The highest BCUT2D eigenvalue weighted by atomic mass is 16.7. The maximum absolute atomic E-state index is 12.0. The van der Waals surface area contributed by atoms with Gasteiger partial charge >= 0.3 is 11.9 Å². The van der Waals surface area contributed by atoms with Crippen molar-refractivity contribution in [2.75, 3.05) is 6.54 Å². The van der Waals surface area contributed by atoms with E-state index >= 15 is 0 Å². The number of carbonyl (C=O) groups is 3. The van der Waals surface area contributed by atoms with Crippen molar-refractivity contribution in [3.63, 3.8) is 0 Å². The van der Waals surface area contributed by atoms with Crippen molar-refractivity contribution in [1.29, 1.82) is 0 Å². The van der Waals surface area contributed by atoms with Crippen LogP contribution in [-0.4, -0.2) is 80.6 Å². The lowest BCUT2D eigenvalue weighted by Gasteiger charge is -2.38. The van der Waals surface area contributed by atoms with E-state index in [1.807, 2.05) is 0 Å². The fraction of sp³-hybridized carbons (Fsp3) is 0.400. The molecule has 0 radical (unpaired) electrons. The molecule has 1 fully saturated rings. The van der Waals surface area contributed by atoms with Gasteiger partial charge in [0.1, 0.15) is 30.6 Å². The molecule has 1 heterocycles. The van der Waals surface area contributed by atoms with Gasteiger partial charge in [0.05, 0.1) is 5.56 Å².